The molecule has 0 radical (unpaired) electrons. The van der Waals surface area contributed by atoms with Crippen LogP contribution in [0.5, 0.6) is 0 Å². The van der Waals surface area contributed by atoms with E-state index in [1.165, 1.54) is 17.8 Å². The van der Waals surface area contributed by atoms with E-state index in [0.29, 0.717) is 28.5 Å². The Balaban J connectivity index is 1.33. The van der Waals surface area contributed by atoms with Gasteiger partial charge in [0.1, 0.15) is 5.03 Å². The number of carbonyl (C=O) groups excluding carboxylic acids is 1. The molecule has 8 nitrogen and oxygen atoms in total. The Morgan fingerprint density at radius 2 is 1.62 bits per heavy atom. The monoisotopic (exact) mass is 556 g/mol. The summed E-state index contributed by atoms with van der Waals surface area (Å²) in [5.74, 6) is -0.743. The van der Waals surface area contributed by atoms with Crippen molar-refractivity contribution in [2.45, 2.75) is 36.6 Å². The van der Waals surface area contributed by atoms with Gasteiger partial charge in [-0.2, -0.15) is 0 Å². The van der Waals surface area contributed by atoms with E-state index in [1.807, 2.05) is 54.6 Å². The van der Waals surface area contributed by atoms with Gasteiger partial charge in [0, 0.05) is 35.2 Å². The van der Waals surface area contributed by atoms with Gasteiger partial charge in [-0.25, -0.2) is 9.78 Å². The fraction of sp³-hybridized carbons (Fsp3) is 0.194. The third-order valence-corrected chi connectivity index (χ3v) is 7.64. The lowest BCUT2D eigenvalue weighted by Gasteiger charge is -2.36. The predicted octanol–water partition coefficient (Wildman–Crippen LogP) is 5.86. The minimum Gasteiger partial charge on any atom is -0.478 e. The molecule has 0 unspecified atom stereocenters. The van der Waals surface area contributed by atoms with Crippen molar-refractivity contribution >= 4 is 29.3 Å². The minimum absolute atomic E-state index is 0.0417. The van der Waals surface area contributed by atoms with Crippen molar-refractivity contribution in [3.8, 4) is 0 Å². The highest BCUT2D eigenvalue weighted by Crippen LogP contribution is 2.39. The van der Waals surface area contributed by atoms with Gasteiger partial charge in [-0.05, 0) is 47.5 Å². The molecule has 3 N–H and O–H groups in total. The number of amides is 1. The van der Waals surface area contributed by atoms with Gasteiger partial charge >= 0.3 is 5.97 Å². The molecule has 2 heterocycles. The first kappa shape index (κ1) is 27.5. The largest absolute Gasteiger partial charge is 0.478 e. The summed E-state index contributed by atoms with van der Waals surface area (Å²) in [5.41, 5.74) is 3.92. The third-order valence-electron chi connectivity index (χ3n) is 6.50. The van der Waals surface area contributed by atoms with Crippen LogP contribution in [0.3, 0.4) is 0 Å². The summed E-state index contributed by atoms with van der Waals surface area (Å²) < 4.78 is 12.7. The van der Waals surface area contributed by atoms with Crippen LogP contribution in [0.15, 0.2) is 102 Å². The van der Waals surface area contributed by atoms with Crippen LogP contribution in [0.1, 0.15) is 56.2 Å². The molecule has 4 aromatic rings. The van der Waals surface area contributed by atoms with Crippen LogP contribution in [0, 0.1) is 0 Å². The number of anilines is 1. The van der Waals surface area contributed by atoms with E-state index in [9.17, 15) is 19.8 Å². The number of carboxylic acid groups (broad SMARTS) is 1. The van der Waals surface area contributed by atoms with Crippen LogP contribution < -0.4 is 5.32 Å². The maximum Gasteiger partial charge on any atom is 0.338 e. The second-order valence-corrected chi connectivity index (χ2v) is 10.3. The molecule has 0 bridgehead atoms. The van der Waals surface area contributed by atoms with Crippen LogP contribution in [-0.2, 0) is 16.1 Å². The Morgan fingerprint density at radius 1 is 0.900 bits per heavy atom. The lowest BCUT2D eigenvalue weighted by molar-refractivity contribution is -0.245. The minimum atomic E-state index is -1.03. The predicted molar refractivity (Wildman–Crippen MR) is 151 cm³/mol. The van der Waals surface area contributed by atoms with Crippen molar-refractivity contribution in [2.24, 2.45) is 0 Å². The molecule has 1 amide bonds. The van der Waals surface area contributed by atoms with Gasteiger partial charge in [0.15, 0.2) is 6.29 Å². The summed E-state index contributed by atoms with van der Waals surface area (Å²) >= 11 is 1.34. The first-order valence-electron chi connectivity index (χ1n) is 12.8. The molecular weight excluding hydrogens is 528 g/mol. The third kappa shape index (κ3) is 6.75. The van der Waals surface area contributed by atoms with Gasteiger partial charge in [-0.15, -0.1) is 11.8 Å². The first-order chi connectivity index (χ1) is 19.5. The zero-order chi connectivity index (χ0) is 27.9. The van der Waals surface area contributed by atoms with Crippen molar-refractivity contribution in [1.82, 2.24) is 4.98 Å². The van der Waals surface area contributed by atoms with Crippen molar-refractivity contribution in [1.29, 1.82) is 0 Å². The summed E-state index contributed by atoms with van der Waals surface area (Å²) in [6.07, 6.45) is 0.919. The zero-order valence-corrected chi connectivity index (χ0v) is 22.3. The van der Waals surface area contributed by atoms with Gasteiger partial charge in [-0.3, -0.25) is 4.79 Å². The Labute approximate surface area is 236 Å². The number of benzene rings is 3. The van der Waals surface area contributed by atoms with Gasteiger partial charge in [-0.1, -0.05) is 54.6 Å². The highest BCUT2D eigenvalue weighted by molar-refractivity contribution is 7.99. The Morgan fingerprint density at radius 3 is 2.33 bits per heavy atom. The Bertz CT molecular complexity index is 1450. The summed E-state index contributed by atoms with van der Waals surface area (Å²) in [6.45, 7) is -0.0417. The first-order valence-corrected chi connectivity index (χ1v) is 13.8. The number of hydrogen-bond donors (Lipinski definition) is 3. The van der Waals surface area contributed by atoms with E-state index in [4.69, 9.17) is 9.47 Å². The molecule has 5 rings (SSSR count). The van der Waals surface area contributed by atoms with E-state index >= 15 is 0 Å². The molecule has 0 saturated carbocycles. The average molecular weight is 557 g/mol. The molecule has 1 aromatic heterocycles. The second kappa shape index (κ2) is 12.9. The molecule has 0 aliphatic carbocycles. The number of ether oxygens (including phenoxy) is 2. The molecule has 1 aliphatic heterocycles. The van der Waals surface area contributed by atoms with E-state index in [-0.39, 0.29) is 30.3 Å². The fourth-order valence-corrected chi connectivity index (χ4v) is 5.38. The van der Waals surface area contributed by atoms with Crippen molar-refractivity contribution in [3.63, 3.8) is 0 Å². The molecule has 40 heavy (non-hydrogen) atoms. The topological polar surface area (TPSA) is 118 Å². The Hall–Kier alpha value is -4.02. The van der Waals surface area contributed by atoms with Crippen molar-refractivity contribution in [3.05, 3.63) is 125 Å². The van der Waals surface area contributed by atoms with E-state index in [1.54, 1.807) is 36.5 Å². The number of aromatic nitrogens is 1. The van der Waals surface area contributed by atoms with Gasteiger partial charge in [0.05, 0.1) is 24.4 Å². The summed E-state index contributed by atoms with van der Waals surface area (Å²) in [7, 11) is 0. The highest BCUT2D eigenvalue weighted by atomic mass is 32.2. The van der Waals surface area contributed by atoms with E-state index in [2.05, 4.69) is 10.3 Å². The number of pyridine rings is 1. The lowest BCUT2D eigenvalue weighted by atomic mass is 10.0. The quantitative estimate of drug-likeness (QED) is 0.219. The number of hydrogen-bond acceptors (Lipinski definition) is 7. The molecule has 1 saturated heterocycles. The summed E-state index contributed by atoms with van der Waals surface area (Å²) in [4.78, 5) is 28.4. The SMILES string of the molecule is O=C(Nc1ccc([C@H]2O[C@@H](CSc3ncccc3C(=O)O)C[C@@H](c3ccc(CO)cc3)O2)cc1)c1ccccc1. The van der Waals surface area contributed by atoms with Crippen molar-refractivity contribution in [2.75, 3.05) is 11.1 Å². The lowest BCUT2D eigenvalue weighted by Crippen LogP contribution is -2.31. The molecule has 9 heteroatoms. The maximum atomic E-state index is 12.5. The number of carboxylic acids is 1. The van der Waals surface area contributed by atoms with Gasteiger partial charge < -0.3 is 25.0 Å². The molecular formula is C31H28N2O6S. The van der Waals surface area contributed by atoms with E-state index in [0.717, 1.165) is 16.7 Å². The number of aliphatic hydroxyl groups is 1. The molecule has 204 valence electrons. The number of aromatic carboxylic acids is 1. The summed E-state index contributed by atoms with van der Waals surface area (Å²) in [6, 6.07) is 27.1. The Kier molecular flexibility index (Phi) is 8.87. The van der Waals surface area contributed by atoms with Gasteiger partial charge in [0.25, 0.3) is 5.91 Å². The fourth-order valence-electron chi connectivity index (χ4n) is 4.38. The van der Waals surface area contributed by atoms with Crippen molar-refractivity contribution < 1.29 is 29.3 Å². The van der Waals surface area contributed by atoms with Gasteiger partial charge in [0.2, 0.25) is 0 Å². The molecule has 3 aromatic carbocycles. The maximum absolute atomic E-state index is 12.5. The van der Waals surface area contributed by atoms with Crippen LogP contribution in [0.2, 0.25) is 0 Å². The van der Waals surface area contributed by atoms with Crippen LogP contribution >= 0.6 is 11.8 Å². The number of aliphatic hydroxyl groups excluding tert-OH is 1. The van der Waals surface area contributed by atoms with Crippen LogP contribution in [0.4, 0.5) is 5.69 Å². The van der Waals surface area contributed by atoms with E-state index < -0.39 is 12.3 Å². The number of thioether (sulfide) groups is 1. The smallest absolute Gasteiger partial charge is 0.338 e. The number of nitrogens with zero attached hydrogens (tertiary/aromatic N) is 1. The number of rotatable bonds is 9. The molecule has 0 spiro atoms. The van der Waals surface area contributed by atoms with Crippen LogP contribution in [-0.4, -0.2) is 38.9 Å². The van der Waals surface area contributed by atoms with Crippen LogP contribution in [0.25, 0.3) is 0 Å². The normalized spacial score (nSPS) is 18.7. The standard InChI is InChI=1S/C31H28N2O6S/c34-18-20-8-10-21(11-9-20)27-17-25(19-40-29-26(30(36)37)7-4-16-32-29)38-31(39-27)23-12-14-24(15-13-23)33-28(35)22-5-2-1-3-6-22/h1-16,25,27,31,34H,17-19H2,(H,33,35)(H,36,37)/t25-,27+,31+/m1/s1. The average Bonchev–Trinajstić information content (AvgIpc) is 3.01. The number of carbonyl (C=O) groups is 2. The molecule has 1 fully saturated rings. The number of nitrogens with one attached hydrogen (secondary N) is 1. The molecule has 1 aliphatic rings. The zero-order valence-electron chi connectivity index (χ0n) is 21.5. The second-order valence-electron chi connectivity index (χ2n) is 9.26. The highest BCUT2D eigenvalue weighted by Gasteiger charge is 2.32. The molecule has 3 atom stereocenters. The summed E-state index contributed by atoms with van der Waals surface area (Å²) in [5, 5.41) is 22.3.